The Hall–Kier alpha value is -1.86. The Labute approximate surface area is 128 Å². The molecule has 1 fully saturated rings. The number of nitrogens with zero attached hydrogens (tertiary/aromatic N) is 3. The van der Waals surface area contributed by atoms with E-state index in [0.717, 1.165) is 36.5 Å². The van der Waals surface area contributed by atoms with Crippen molar-refractivity contribution in [2.75, 3.05) is 11.4 Å². The molecule has 2 aliphatic heterocycles. The van der Waals surface area contributed by atoms with Gasteiger partial charge in [-0.3, -0.25) is 0 Å². The third-order valence-corrected chi connectivity index (χ3v) is 5.93. The summed E-state index contributed by atoms with van der Waals surface area (Å²) in [6.07, 6.45) is 3.03. The molecule has 0 radical (unpaired) electrons. The molecule has 0 N–H and O–H groups in total. The van der Waals surface area contributed by atoms with Crippen molar-refractivity contribution in [2.24, 2.45) is 0 Å². The minimum atomic E-state index is -0.482. The summed E-state index contributed by atoms with van der Waals surface area (Å²) >= 11 is 1.64. The lowest BCUT2D eigenvalue weighted by Gasteiger charge is -2.43. The number of fused-ring (bicyclic) bond motifs is 3. The second kappa shape index (κ2) is 4.57. The molecule has 106 valence electrons. The summed E-state index contributed by atoms with van der Waals surface area (Å²) in [6, 6.07) is 11.5. The SMILES string of the molecule is Cc1csc([C@]2(C#N)Cc3ccccc3N3CCC[C@@H]32)n1. The van der Waals surface area contributed by atoms with Crippen LogP contribution in [0.2, 0.25) is 0 Å². The van der Waals surface area contributed by atoms with Gasteiger partial charge >= 0.3 is 0 Å². The molecule has 0 spiro atoms. The highest BCUT2D eigenvalue weighted by molar-refractivity contribution is 7.09. The fraction of sp³-hybridized carbons (Fsp3) is 0.412. The molecule has 4 heteroatoms. The molecular formula is C17H17N3S. The van der Waals surface area contributed by atoms with Crippen LogP contribution in [0.4, 0.5) is 5.69 Å². The van der Waals surface area contributed by atoms with Crippen LogP contribution in [0.5, 0.6) is 0 Å². The van der Waals surface area contributed by atoms with E-state index in [9.17, 15) is 5.26 Å². The minimum absolute atomic E-state index is 0.267. The smallest absolute Gasteiger partial charge is 0.133 e. The first-order valence-electron chi connectivity index (χ1n) is 7.43. The van der Waals surface area contributed by atoms with Crippen LogP contribution >= 0.6 is 11.3 Å². The highest BCUT2D eigenvalue weighted by atomic mass is 32.1. The van der Waals surface area contributed by atoms with Gasteiger partial charge in [-0.25, -0.2) is 4.98 Å². The normalized spacial score (nSPS) is 27.0. The first-order chi connectivity index (χ1) is 10.2. The van der Waals surface area contributed by atoms with Crippen molar-refractivity contribution in [3.8, 4) is 6.07 Å². The lowest BCUT2D eigenvalue weighted by Crippen LogP contribution is -2.51. The van der Waals surface area contributed by atoms with Gasteiger partial charge in [-0.05, 0) is 31.4 Å². The highest BCUT2D eigenvalue weighted by Gasteiger charge is 2.51. The van der Waals surface area contributed by atoms with E-state index in [1.54, 1.807) is 11.3 Å². The molecule has 2 aliphatic rings. The molecule has 4 rings (SSSR count). The van der Waals surface area contributed by atoms with E-state index in [0.29, 0.717) is 0 Å². The van der Waals surface area contributed by atoms with Crippen LogP contribution in [0.3, 0.4) is 0 Å². The third kappa shape index (κ3) is 1.74. The monoisotopic (exact) mass is 295 g/mol. The molecule has 1 aromatic heterocycles. The number of benzene rings is 1. The lowest BCUT2D eigenvalue weighted by atomic mass is 9.72. The molecule has 0 aliphatic carbocycles. The van der Waals surface area contributed by atoms with Crippen LogP contribution < -0.4 is 4.90 Å². The quantitative estimate of drug-likeness (QED) is 0.809. The van der Waals surface area contributed by atoms with E-state index in [1.165, 1.54) is 11.3 Å². The van der Waals surface area contributed by atoms with E-state index >= 15 is 0 Å². The zero-order valence-electron chi connectivity index (χ0n) is 12.0. The van der Waals surface area contributed by atoms with Crippen molar-refractivity contribution in [1.29, 1.82) is 5.26 Å². The maximum atomic E-state index is 10.1. The second-order valence-electron chi connectivity index (χ2n) is 6.03. The van der Waals surface area contributed by atoms with Crippen LogP contribution in [0.25, 0.3) is 0 Å². The van der Waals surface area contributed by atoms with E-state index in [1.807, 2.05) is 6.92 Å². The molecule has 21 heavy (non-hydrogen) atoms. The number of anilines is 1. The average Bonchev–Trinajstić information content (AvgIpc) is 3.15. The molecule has 2 atom stereocenters. The molecule has 0 unspecified atom stereocenters. The molecule has 3 heterocycles. The number of nitriles is 1. The molecular weight excluding hydrogens is 278 g/mol. The van der Waals surface area contributed by atoms with Crippen molar-refractivity contribution < 1.29 is 0 Å². The van der Waals surface area contributed by atoms with Gasteiger partial charge in [0.1, 0.15) is 10.4 Å². The van der Waals surface area contributed by atoms with Gasteiger partial charge in [-0.15, -0.1) is 11.3 Å². The van der Waals surface area contributed by atoms with Gasteiger partial charge in [0.2, 0.25) is 0 Å². The van der Waals surface area contributed by atoms with Crippen LogP contribution in [0, 0.1) is 18.3 Å². The fourth-order valence-electron chi connectivity index (χ4n) is 3.87. The Morgan fingerprint density at radius 1 is 1.43 bits per heavy atom. The molecule has 3 nitrogen and oxygen atoms in total. The molecule has 0 saturated carbocycles. The second-order valence-corrected chi connectivity index (χ2v) is 6.89. The number of thiazole rings is 1. The van der Waals surface area contributed by atoms with Crippen molar-refractivity contribution >= 4 is 17.0 Å². The largest absolute Gasteiger partial charge is 0.366 e. The zero-order valence-corrected chi connectivity index (χ0v) is 12.9. The molecule has 1 aromatic carbocycles. The summed E-state index contributed by atoms with van der Waals surface area (Å²) in [6.45, 7) is 3.06. The number of para-hydroxylation sites is 1. The maximum Gasteiger partial charge on any atom is 0.133 e. The van der Waals surface area contributed by atoms with Crippen LogP contribution in [0.15, 0.2) is 29.6 Å². The summed E-state index contributed by atoms with van der Waals surface area (Å²) in [5.41, 5.74) is 3.14. The number of hydrogen-bond acceptors (Lipinski definition) is 4. The lowest BCUT2D eigenvalue weighted by molar-refractivity contribution is 0.408. The predicted octanol–water partition coefficient (Wildman–Crippen LogP) is 3.44. The number of rotatable bonds is 1. The van der Waals surface area contributed by atoms with Gasteiger partial charge in [-0.2, -0.15) is 5.26 Å². The predicted molar refractivity (Wildman–Crippen MR) is 84.7 cm³/mol. The van der Waals surface area contributed by atoms with Crippen LogP contribution in [-0.4, -0.2) is 17.6 Å². The summed E-state index contributed by atoms with van der Waals surface area (Å²) in [7, 11) is 0. The Morgan fingerprint density at radius 2 is 2.29 bits per heavy atom. The molecule has 1 saturated heterocycles. The Balaban J connectivity index is 1.91. The Morgan fingerprint density at radius 3 is 3.05 bits per heavy atom. The summed E-state index contributed by atoms with van der Waals surface area (Å²) in [5, 5.41) is 13.1. The molecule has 0 bridgehead atoms. The van der Waals surface area contributed by atoms with Gasteiger partial charge in [-0.1, -0.05) is 18.2 Å². The zero-order chi connectivity index (χ0) is 14.4. The van der Waals surface area contributed by atoms with E-state index in [4.69, 9.17) is 0 Å². The molecule has 0 amide bonds. The number of aromatic nitrogens is 1. The fourth-order valence-corrected chi connectivity index (χ4v) is 4.86. The average molecular weight is 295 g/mol. The van der Waals surface area contributed by atoms with Gasteiger partial charge in [0.15, 0.2) is 0 Å². The standard InChI is InChI=1S/C17H17N3S/c1-12-10-21-16(19-12)17(11-18)9-13-5-2-3-6-14(13)20-8-4-7-15(17)20/h2-3,5-6,10,15H,4,7-9H2,1H3/t15-,17+/m1/s1. The highest BCUT2D eigenvalue weighted by Crippen LogP contribution is 2.47. The van der Waals surface area contributed by atoms with Crippen molar-refractivity contribution in [1.82, 2.24) is 4.98 Å². The van der Waals surface area contributed by atoms with Crippen molar-refractivity contribution in [3.63, 3.8) is 0 Å². The summed E-state index contributed by atoms with van der Waals surface area (Å²) in [5.74, 6) is 0. The van der Waals surface area contributed by atoms with E-state index in [2.05, 4.69) is 45.6 Å². The first kappa shape index (κ1) is 12.8. The topological polar surface area (TPSA) is 39.9 Å². The summed E-state index contributed by atoms with van der Waals surface area (Å²) < 4.78 is 0. The third-order valence-electron chi connectivity index (χ3n) is 4.79. The number of aryl methyl sites for hydroxylation is 1. The van der Waals surface area contributed by atoms with E-state index < -0.39 is 5.41 Å². The minimum Gasteiger partial charge on any atom is -0.366 e. The van der Waals surface area contributed by atoms with Crippen molar-refractivity contribution in [3.05, 3.63) is 45.9 Å². The van der Waals surface area contributed by atoms with Gasteiger partial charge < -0.3 is 4.90 Å². The van der Waals surface area contributed by atoms with E-state index in [-0.39, 0.29) is 6.04 Å². The Kier molecular flexibility index (Phi) is 2.80. The maximum absolute atomic E-state index is 10.1. The Bertz CT molecular complexity index is 730. The van der Waals surface area contributed by atoms with Gasteiger partial charge in [0.25, 0.3) is 0 Å². The van der Waals surface area contributed by atoms with Crippen molar-refractivity contribution in [2.45, 2.75) is 37.6 Å². The first-order valence-corrected chi connectivity index (χ1v) is 8.31. The summed E-state index contributed by atoms with van der Waals surface area (Å²) in [4.78, 5) is 7.12. The van der Waals surface area contributed by atoms with Gasteiger partial charge in [0, 0.05) is 29.7 Å². The number of hydrogen-bond donors (Lipinski definition) is 0. The van der Waals surface area contributed by atoms with Crippen LogP contribution in [0.1, 0.15) is 29.1 Å². The molecule has 2 aromatic rings. The van der Waals surface area contributed by atoms with Gasteiger partial charge in [0.05, 0.1) is 12.1 Å². The van der Waals surface area contributed by atoms with Crippen LogP contribution in [-0.2, 0) is 11.8 Å².